The molecule has 0 aromatic heterocycles. The van der Waals surface area contributed by atoms with E-state index in [9.17, 15) is 9.18 Å². The lowest BCUT2D eigenvalue weighted by molar-refractivity contribution is 0.191. The second kappa shape index (κ2) is 6.98. The fraction of sp³-hybridized carbons (Fsp3) is 0.533. The zero-order chi connectivity index (χ0) is 15.4. The van der Waals surface area contributed by atoms with Gasteiger partial charge in [0.05, 0.1) is 5.02 Å². The number of halogens is 2. The van der Waals surface area contributed by atoms with Crippen molar-refractivity contribution in [2.45, 2.75) is 26.3 Å². The first-order valence-electron chi connectivity index (χ1n) is 7.26. The summed E-state index contributed by atoms with van der Waals surface area (Å²) in [6.07, 6.45) is 0.916. The average Bonchev–Trinajstić information content (AvgIpc) is 2.50. The van der Waals surface area contributed by atoms with E-state index in [1.54, 1.807) is 12.1 Å². The molecule has 2 rings (SSSR count). The third-order valence-electron chi connectivity index (χ3n) is 3.82. The molecule has 1 aliphatic heterocycles. The Morgan fingerprint density at radius 1 is 1.38 bits per heavy atom. The largest absolute Gasteiger partial charge is 0.368 e. The van der Waals surface area contributed by atoms with Crippen molar-refractivity contribution in [1.82, 2.24) is 10.2 Å². The first-order valence-corrected chi connectivity index (χ1v) is 7.64. The molecule has 116 valence electrons. The van der Waals surface area contributed by atoms with Crippen LogP contribution in [-0.2, 0) is 0 Å². The molecule has 6 heteroatoms. The van der Waals surface area contributed by atoms with Gasteiger partial charge in [0, 0.05) is 37.9 Å². The van der Waals surface area contributed by atoms with Gasteiger partial charge in [-0.25, -0.2) is 9.18 Å². The lowest BCUT2D eigenvalue weighted by Crippen LogP contribution is -2.53. The van der Waals surface area contributed by atoms with Gasteiger partial charge in [-0.3, -0.25) is 0 Å². The molecule has 1 unspecified atom stereocenters. The van der Waals surface area contributed by atoms with E-state index >= 15 is 0 Å². The molecular weight excluding hydrogens is 293 g/mol. The van der Waals surface area contributed by atoms with E-state index in [1.807, 2.05) is 18.7 Å². The molecule has 1 aromatic carbocycles. The highest BCUT2D eigenvalue weighted by Gasteiger charge is 2.22. The molecule has 1 atom stereocenters. The minimum absolute atomic E-state index is 0.0128. The Hall–Kier alpha value is -1.49. The predicted molar refractivity (Wildman–Crippen MR) is 83.5 cm³/mol. The number of carbonyl (C=O) groups excluding carboxylic acids is 1. The monoisotopic (exact) mass is 313 g/mol. The quantitative estimate of drug-likeness (QED) is 0.930. The average molecular weight is 314 g/mol. The number of amides is 2. The molecule has 1 aromatic rings. The predicted octanol–water partition coefficient (Wildman–Crippen LogP) is 3.11. The molecule has 1 aliphatic rings. The van der Waals surface area contributed by atoms with Gasteiger partial charge < -0.3 is 15.1 Å². The number of nitrogens with zero attached hydrogens (tertiary/aromatic N) is 2. The minimum atomic E-state index is -0.410. The van der Waals surface area contributed by atoms with E-state index in [0.29, 0.717) is 13.1 Å². The number of hydrogen-bond donors (Lipinski definition) is 1. The summed E-state index contributed by atoms with van der Waals surface area (Å²) < 4.78 is 13.2. The van der Waals surface area contributed by atoms with E-state index in [4.69, 9.17) is 11.6 Å². The fourth-order valence-corrected chi connectivity index (χ4v) is 2.43. The summed E-state index contributed by atoms with van der Waals surface area (Å²) in [5.74, 6) is -0.410. The maximum atomic E-state index is 13.2. The summed E-state index contributed by atoms with van der Waals surface area (Å²) in [5.41, 5.74) is 0.892. The van der Waals surface area contributed by atoms with Crippen LogP contribution in [0.15, 0.2) is 18.2 Å². The van der Waals surface area contributed by atoms with Crippen molar-refractivity contribution < 1.29 is 9.18 Å². The van der Waals surface area contributed by atoms with Gasteiger partial charge in [-0.05, 0) is 31.5 Å². The molecule has 0 saturated carbocycles. The van der Waals surface area contributed by atoms with Crippen LogP contribution in [0.1, 0.15) is 20.3 Å². The third kappa shape index (κ3) is 4.00. The van der Waals surface area contributed by atoms with Gasteiger partial charge in [0.1, 0.15) is 5.82 Å². The van der Waals surface area contributed by atoms with Crippen LogP contribution in [-0.4, -0.2) is 43.2 Å². The first-order chi connectivity index (χ1) is 10.0. The minimum Gasteiger partial charge on any atom is -0.368 e. The van der Waals surface area contributed by atoms with Gasteiger partial charge in [-0.2, -0.15) is 0 Å². The van der Waals surface area contributed by atoms with Crippen LogP contribution in [0.2, 0.25) is 5.02 Å². The normalized spacial score (nSPS) is 16.8. The molecule has 1 N–H and O–H groups in total. The number of nitrogens with one attached hydrogen (secondary N) is 1. The molecule has 1 fully saturated rings. The molecule has 0 bridgehead atoms. The SMILES string of the molecule is CCC(C)NC(=O)N1CCN(c2ccc(F)c(Cl)c2)CC1. The number of carbonyl (C=O) groups is 1. The van der Waals surface area contributed by atoms with Crippen LogP contribution in [0, 0.1) is 5.82 Å². The lowest BCUT2D eigenvalue weighted by atomic mass is 10.2. The van der Waals surface area contributed by atoms with E-state index in [2.05, 4.69) is 10.2 Å². The highest BCUT2D eigenvalue weighted by atomic mass is 35.5. The van der Waals surface area contributed by atoms with Crippen LogP contribution in [0.5, 0.6) is 0 Å². The molecule has 2 amide bonds. The Kier molecular flexibility index (Phi) is 5.28. The number of piperazine rings is 1. The summed E-state index contributed by atoms with van der Waals surface area (Å²) >= 11 is 5.81. The molecule has 21 heavy (non-hydrogen) atoms. The Morgan fingerprint density at radius 2 is 2.05 bits per heavy atom. The number of benzene rings is 1. The van der Waals surface area contributed by atoms with E-state index in [1.165, 1.54) is 6.07 Å². The van der Waals surface area contributed by atoms with Gasteiger partial charge in [-0.15, -0.1) is 0 Å². The smallest absolute Gasteiger partial charge is 0.317 e. The van der Waals surface area contributed by atoms with Gasteiger partial charge in [0.15, 0.2) is 0 Å². The summed E-state index contributed by atoms with van der Waals surface area (Å²) in [6.45, 7) is 6.77. The molecule has 0 aliphatic carbocycles. The van der Waals surface area contributed by atoms with Crippen LogP contribution < -0.4 is 10.2 Å². The summed E-state index contributed by atoms with van der Waals surface area (Å²) in [7, 11) is 0. The maximum absolute atomic E-state index is 13.2. The molecule has 0 spiro atoms. The maximum Gasteiger partial charge on any atom is 0.317 e. The van der Waals surface area contributed by atoms with Gasteiger partial charge in [0.25, 0.3) is 0 Å². The first kappa shape index (κ1) is 15.9. The standard InChI is InChI=1S/C15H21ClFN3O/c1-3-11(2)18-15(21)20-8-6-19(7-9-20)12-4-5-14(17)13(16)10-12/h4-5,10-11H,3,6-9H2,1-2H3,(H,18,21). The van der Waals surface area contributed by atoms with E-state index < -0.39 is 5.82 Å². The number of urea groups is 1. The number of anilines is 1. The zero-order valence-corrected chi connectivity index (χ0v) is 13.2. The van der Waals surface area contributed by atoms with Crippen molar-refractivity contribution in [1.29, 1.82) is 0 Å². The van der Waals surface area contributed by atoms with Gasteiger partial charge in [0.2, 0.25) is 0 Å². The van der Waals surface area contributed by atoms with Crippen molar-refractivity contribution in [3.63, 3.8) is 0 Å². The van der Waals surface area contributed by atoms with Gasteiger partial charge >= 0.3 is 6.03 Å². The van der Waals surface area contributed by atoms with Crippen LogP contribution in [0.3, 0.4) is 0 Å². The second-order valence-electron chi connectivity index (χ2n) is 5.33. The van der Waals surface area contributed by atoms with Crippen molar-refractivity contribution in [3.8, 4) is 0 Å². The molecule has 4 nitrogen and oxygen atoms in total. The van der Waals surface area contributed by atoms with Crippen molar-refractivity contribution in [3.05, 3.63) is 29.0 Å². The van der Waals surface area contributed by atoms with Gasteiger partial charge in [-0.1, -0.05) is 18.5 Å². The Bertz CT molecular complexity index is 504. The zero-order valence-electron chi connectivity index (χ0n) is 12.4. The Labute approximate surface area is 129 Å². The molecular formula is C15H21ClFN3O. The summed E-state index contributed by atoms with van der Waals surface area (Å²) in [5, 5.41) is 3.10. The third-order valence-corrected chi connectivity index (χ3v) is 4.11. The fourth-order valence-electron chi connectivity index (χ4n) is 2.25. The number of rotatable bonds is 3. The summed E-state index contributed by atoms with van der Waals surface area (Å²) in [4.78, 5) is 16.0. The van der Waals surface area contributed by atoms with E-state index in [-0.39, 0.29) is 17.1 Å². The van der Waals surface area contributed by atoms with Crippen LogP contribution in [0.25, 0.3) is 0 Å². The number of hydrogen-bond acceptors (Lipinski definition) is 2. The van der Waals surface area contributed by atoms with Crippen molar-refractivity contribution in [2.24, 2.45) is 0 Å². The van der Waals surface area contributed by atoms with E-state index in [0.717, 1.165) is 25.2 Å². The highest BCUT2D eigenvalue weighted by Crippen LogP contribution is 2.23. The molecule has 0 radical (unpaired) electrons. The Morgan fingerprint density at radius 3 is 2.62 bits per heavy atom. The van der Waals surface area contributed by atoms with Crippen LogP contribution >= 0.6 is 11.6 Å². The molecule has 1 saturated heterocycles. The second-order valence-corrected chi connectivity index (χ2v) is 5.74. The topological polar surface area (TPSA) is 35.6 Å². The highest BCUT2D eigenvalue weighted by molar-refractivity contribution is 6.31. The van der Waals surface area contributed by atoms with Crippen LogP contribution in [0.4, 0.5) is 14.9 Å². The lowest BCUT2D eigenvalue weighted by Gasteiger charge is -2.36. The molecule has 1 heterocycles. The Balaban J connectivity index is 1.90. The van der Waals surface area contributed by atoms with Crippen molar-refractivity contribution >= 4 is 23.3 Å². The summed E-state index contributed by atoms with van der Waals surface area (Å²) in [6, 6.07) is 4.90. The van der Waals surface area contributed by atoms with Crippen molar-refractivity contribution in [2.75, 3.05) is 31.1 Å².